The molecular formula is C15H21BrFN3S. The molecule has 0 heterocycles. The van der Waals surface area contributed by atoms with Gasteiger partial charge in [-0.2, -0.15) is 11.8 Å². The van der Waals surface area contributed by atoms with Crippen LogP contribution in [0.2, 0.25) is 0 Å². The van der Waals surface area contributed by atoms with Crippen molar-refractivity contribution in [3.8, 4) is 0 Å². The van der Waals surface area contributed by atoms with Crippen molar-refractivity contribution < 1.29 is 4.39 Å². The van der Waals surface area contributed by atoms with Crippen molar-refractivity contribution in [1.29, 1.82) is 0 Å². The van der Waals surface area contributed by atoms with Crippen molar-refractivity contribution in [2.45, 2.75) is 37.1 Å². The van der Waals surface area contributed by atoms with E-state index in [1.54, 1.807) is 7.05 Å². The summed E-state index contributed by atoms with van der Waals surface area (Å²) in [5.74, 6) is 0.546. The van der Waals surface area contributed by atoms with Crippen LogP contribution < -0.4 is 10.6 Å². The van der Waals surface area contributed by atoms with E-state index < -0.39 is 0 Å². The molecule has 2 rings (SSSR count). The second-order valence-corrected chi connectivity index (χ2v) is 7.27. The number of halogens is 2. The minimum Gasteiger partial charge on any atom is -0.354 e. The average molecular weight is 374 g/mol. The summed E-state index contributed by atoms with van der Waals surface area (Å²) in [6.07, 6.45) is 5.78. The lowest BCUT2D eigenvalue weighted by Gasteiger charge is -2.17. The molecule has 1 fully saturated rings. The Morgan fingerprint density at radius 3 is 2.86 bits per heavy atom. The lowest BCUT2D eigenvalue weighted by atomic mass is 10.2. The zero-order chi connectivity index (χ0) is 15.2. The molecule has 0 saturated heterocycles. The molecule has 0 radical (unpaired) electrons. The van der Waals surface area contributed by atoms with E-state index in [2.05, 4.69) is 37.8 Å². The molecule has 0 bridgehead atoms. The first-order valence-electron chi connectivity index (χ1n) is 7.05. The number of nitrogens with zero attached hydrogens (tertiary/aromatic N) is 1. The van der Waals surface area contributed by atoms with Gasteiger partial charge in [0.1, 0.15) is 5.82 Å². The molecule has 2 N–H and O–H groups in total. The molecule has 1 aromatic carbocycles. The van der Waals surface area contributed by atoms with E-state index in [0.717, 1.165) is 21.2 Å². The minimum atomic E-state index is -0.234. The van der Waals surface area contributed by atoms with Gasteiger partial charge in [0.05, 0.1) is 0 Å². The van der Waals surface area contributed by atoms with Crippen LogP contribution in [0.15, 0.2) is 27.7 Å². The van der Waals surface area contributed by atoms with Crippen molar-refractivity contribution in [3.05, 3.63) is 34.1 Å². The minimum absolute atomic E-state index is 0.234. The maximum atomic E-state index is 13.3. The number of nitrogens with one attached hydrogen (secondary N) is 2. The molecule has 0 spiro atoms. The zero-order valence-corrected chi connectivity index (χ0v) is 14.7. The summed E-state index contributed by atoms with van der Waals surface area (Å²) >= 11 is 5.24. The van der Waals surface area contributed by atoms with Crippen LogP contribution in [0.3, 0.4) is 0 Å². The molecule has 1 aliphatic carbocycles. The molecule has 1 aliphatic rings. The summed E-state index contributed by atoms with van der Waals surface area (Å²) < 4.78 is 14.1. The van der Waals surface area contributed by atoms with Crippen LogP contribution in [0, 0.1) is 5.82 Å². The van der Waals surface area contributed by atoms with E-state index in [1.165, 1.54) is 31.4 Å². The molecule has 0 amide bonds. The molecular weight excluding hydrogens is 353 g/mol. The lowest BCUT2D eigenvalue weighted by molar-refractivity contribution is 0.611. The quantitative estimate of drug-likeness (QED) is 0.625. The van der Waals surface area contributed by atoms with Crippen molar-refractivity contribution in [2.75, 3.05) is 13.3 Å². The highest BCUT2D eigenvalue weighted by atomic mass is 79.9. The van der Waals surface area contributed by atoms with Crippen molar-refractivity contribution in [3.63, 3.8) is 0 Å². The fraction of sp³-hybridized carbons (Fsp3) is 0.533. The maximum absolute atomic E-state index is 13.3. The van der Waals surface area contributed by atoms with Gasteiger partial charge in [0.2, 0.25) is 0 Å². The van der Waals surface area contributed by atoms with Gasteiger partial charge in [-0.1, -0.05) is 15.9 Å². The van der Waals surface area contributed by atoms with Crippen LogP contribution >= 0.6 is 27.7 Å². The Labute approximate surface area is 138 Å². The Hall–Kier alpha value is -0.750. The van der Waals surface area contributed by atoms with Crippen LogP contribution in [0.25, 0.3) is 0 Å². The molecule has 1 aromatic rings. The first-order valence-corrected chi connectivity index (χ1v) is 9.13. The second kappa shape index (κ2) is 8.03. The normalized spacial score (nSPS) is 22.4. The number of hydrogen-bond acceptors (Lipinski definition) is 2. The monoisotopic (exact) mass is 373 g/mol. The second-order valence-electron chi connectivity index (χ2n) is 5.22. The summed E-state index contributed by atoms with van der Waals surface area (Å²) in [5.41, 5.74) is 0.887. The molecule has 21 heavy (non-hydrogen) atoms. The van der Waals surface area contributed by atoms with Gasteiger partial charge in [-0.3, -0.25) is 4.99 Å². The Kier molecular flexibility index (Phi) is 6.36. The predicted molar refractivity (Wildman–Crippen MR) is 92.4 cm³/mol. The number of thioether (sulfide) groups is 1. The molecule has 2 atom stereocenters. The topological polar surface area (TPSA) is 36.4 Å². The first-order chi connectivity index (χ1) is 10.1. The van der Waals surface area contributed by atoms with Gasteiger partial charge < -0.3 is 10.6 Å². The third-order valence-corrected chi connectivity index (χ3v) is 5.22. The molecule has 3 nitrogen and oxygen atoms in total. The van der Waals surface area contributed by atoms with Gasteiger partial charge >= 0.3 is 0 Å². The summed E-state index contributed by atoms with van der Waals surface area (Å²) in [4.78, 5) is 4.24. The van der Waals surface area contributed by atoms with Crippen molar-refractivity contribution in [1.82, 2.24) is 10.6 Å². The zero-order valence-electron chi connectivity index (χ0n) is 12.3. The van der Waals surface area contributed by atoms with Gasteiger partial charge in [0, 0.05) is 29.4 Å². The molecule has 6 heteroatoms. The number of rotatable bonds is 4. The smallest absolute Gasteiger partial charge is 0.191 e. The Bertz CT molecular complexity index is 489. The average Bonchev–Trinajstić information content (AvgIpc) is 2.90. The Morgan fingerprint density at radius 2 is 2.24 bits per heavy atom. The summed E-state index contributed by atoms with van der Waals surface area (Å²) in [7, 11) is 1.76. The lowest BCUT2D eigenvalue weighted by Crippen LogP contribution is -2.42. The molecule has 0 aromatic heterocycles. The molecule has 1 saturated carbocycles. The van der Waals surface area contributed by atoms with Gasteiger partial charge in [0.15, 0.2) is 5.96 Å². The molecule has 116 valence electrons. The van der Waals surface area contributed by atoms with E-state index in [9.17, 15) is 4.39 Å². The Morgan fingerprint density at radius 1 is 1.43 bits per heavy atom. The van der Waals surface area contributed by atoms with Gasteiger partial charge in [0.25, 0.3) is 0 Å². The van der Waals surface area contributed by atoms with Crippen molar-refractivity contribution in [2.24, 2.45) is 4.99 Å². The molecule has 2 unspecified atom stereocenters. The summed E-state index contributed by atoms with van der Waals surface area (Å²) in [5, 5.41) is 7.44. The van der Waals surface area contributed by atoms with Crippen LogP contribution in [-0.4, -0.2) is 30.6 Å². The van der Waals surface area contributed by atoms with E-state index in [0.29, 0.717) is 12.6 Å². The molecule has 0 aliphatic heterocycles. The first kappa shape index (κ1) is 16.6. The van der Waals surface area contributed by atoms with Crippen LogP contribution in [0.5, 0.6) is 0 Å². The van der Waals surface area contributed by atoms with Crippen LogP contribution in [-0.2, 0) is 6.54 Å². The third kappa shape index (κ3) is 5.18. The maximum Gasteiger partial charge on any atom is 0.191 e. The van der Waals surface area contributed by atoms with E-state index in [-0.39, 0.29) is 5.82 Å². The van der Waals surface area contributed by atoms with E-state index in [4.69, 9.17) is 0 Å². The largest absolute Gasteiger partial charge is 0.354 e. The van der Waals surface area contributed by atoms with Crippen LogP contribution in [0.4, 0.5) is 4.39 Å². The highest BCUT2D eigenvalue weighted by Crippen LogP contribution is 2.28. The van der Waals surface area contributed by atoms with E-state index in [1.807, 2.05) is 17.8 Å². The highest BCUT2D eigenvalue weighted by molar-refractivity contribution is 9.10. The van der Waals surface area contributed by atoms with Gasteiger partial charge in [-0.25, -0.2) is 4.39 Å². The van der Waals surface area contributed by atoms with E-state index >= 15 is 0 Å². The predicted octanol–water partition coefficient (Wildman–Crippen LogP) is 3.54. The fourth-order valence-electron chi connectivity index (χ4n) is 2.57. The number of benzene rings is 1. The Balaban J connectivity index is 1.85. The summed E-state index contributed by atoms with van der Waals surface area (Å²) in [6.45, 7) is 0.550. The van der Waals surface area contributed by atoms with Crippen LogP contribution in [0.1, 0.15) is 24.8 Å². The number of aliphatic imine (C=N–C) groups is 1. The number of guanidine groups is 1. The summed E-state index contributed by atoms with van der Waals surface area (Å²) in [6, 6.07) is 5.37. The van der Waals surface area contributed by atoms with Gasteiger partial charge in [-0.15, -0.1) is 0 Å². The van der Waals surface area contributed by atoms with Crippen molar-refractivity contribution >= 4 is 33.7 Å². The van der Waals surface area contributed by atoms with Gasteiger partial charge in [-0.05, 0) is 49.3 Å². The third-order valence-electron chi connectivity index (χ3n) is 3.66. The fourth-order valence-corrected chi connectivity index (χ4v) is 3.88. The number of hydrogen-bond donors (Lipinski definition) is 2. The standard InChI is InChI=1S/C15H21BrFN3S/c1-18-15(20-13-3-4-14(8-13)21-2)19-9-10-5-11(16)7-12(17)6-10/h5-7,13-14H,3-4,8-9H2,1-2H3,(H2,18,19,20). The SMILES string of the molecule is CN=C(NCc1cc(F)cc(Br)c1)NC1CCC(SC)C1. The highest BCUT2D eigenvalue weighted by Gasteiger charge is 2.24.